The Morgan fingerprint density at radius 3 is 3.10 bits per heavy atom. The summed E-state index contributed by atoms with van der Waals surface area (Å²) in [5, 5.41) is 17.6. The molecule has 2 aromatic rings. The molecule has 0 fully saturated rings. The van der Waals surface area contributed by atoms with Gasteiger partial charge in [0.2, 0.25) is 5.82 Å². The second kappa shape index (κ2) is 7.05. The van der Waals surface area contributed by atoms with Crippen molar-refractivity contribution in [1.29, 1.82) is 5.26 Å². The van der Waals surface area contributed by atoms with Gasteiger partial charge < -0.3 is 10.1 Å². The van der Waals surface area contributed by atoms with Gasteiger partial charge in [-0.2, -0.15) is 5.26 Å². The van der Waals surface area contributed by atoms with E-state index in [0.29, 0.717) is 36.7 Å². The highest BCUT2D eigenvalue weighted by atomic mass is 16.5. The monoisotopic (exact) mass is 285 g/mol. The molecule has 0 saturated heterocycles. The molecule has 108 valence electrons. The zero-order chi connectivity index (χ0) is 15.1. The maximum absolute atomic E-state index is 11.9. The normalized spacial score (nSPS) is 9.90. The van der Waals surface area contributed by atoms with Gasteiger partial charge in [-0.25, -0.2) is 4.98 Å². The molecule has 1 heterocycles. The third-order valence-corrected chi connectivity index (χ3v) is 2.59. The van der Waals surface area contributed by atoms with E-state index in [4.69, 9.17) is 10.00 Å². The van der Waals surface area contributed by atoms with Gasteiger partial charge in [0.05, 0.1) is 12.7 Å². The van der Waals surface area contributed by atoms with Crippen LogP contribution in [0, 0.1) is 18.3 Å². The van der Waals surface area contributed by atoms with Gasteiger partial charge in [-0.05, 0) is 25.5 Å². The molecule has 0 atom stereocenters. The van der Waals surface area contributed by atoms with Crippen molar-refractivity contribution in [3.8, 4) is 11.8 Å². The van der Waals surface area contributed by atoms with Crippen LogP contribution in [0.1, 0.15) is 29.3 Å². The molecular weight excluding hydrogens is 270 g/mol. The van der Waals surface area contributed by atoms with E-state index < -0.39 is 0 Å². The predicted octanol–water partition coefficient (Wildman–Crippen LogP) is 2.05. The van der Waals surface area contributed by atoms with Gasteiger partial charge >= 0.3 is 0 Å². The van der Waals surface area contributed by atoms with E-state index in [1.807, 2.05) is 0 Å². The Labute approximate surface area is 122 Å². The lowest BCUT2D eigenvalue weighted by molar-refractivity contribution is 0.101. The van der Waals surface area contributed by atoms with Crippen LogP contribution in [0.25, 0.3) is 0 Å². The first-order chi connectivity index (χ1) is 10.2. The topological polar surface area (TPSA) is 104 Å². The molecule has 1 amide bonds. The van der Waals surface area contributed by atoms with Gasteiger partial charge in [0, 0.05) is 18.2 Å². The summed E-state index contributed by atoms with van der Waals surface area (Å²) in [5.74, 6) is 0.917. The number of H-pyrrole nitrogens is 1. The van der Waals surface area contributed by atoms with E-state index in [2.05, 4.69) is 26.6 Å². The van der Waals surface area contributed by atoms with Crippen molar-refractivity contribution in [3.05, 3.63) is 35.9 Å². The summed E-state index contributed by atoms with van der Waals surface area (Å²) >= 11 is 0. The maximum Gasteiger partial charge on any atom is 0.295 e. The highest BCUT2D eigenvalue weighted by Crippen LogP contribution is 2.18. The van der Waals surface area contributed by atoms with Gasteiger partial charge in [-0.3, -0.25) is 9.89 Å². The number of ether oxygens (including phenoxy) is 1. The largest absolute Gasteiger partial charge is 0.493 e. The molecule has 0 aliphatic heterocycles. The molecule has 1 aromatic carbocycles. The second-order valence-electron chi connectivity index (χ2n) is 4.34. The van der Waals surface area contributed by atoms with Crippen molar-refractivity contribution in [3.63, 3.8) is 0 Å². The number of hydrogen-bond donors (Lipinski definition) is 2. The van der Waals surface area contributed by atoms with E-state index >= 15 is 0 Å². The molecule has 7 heteroatoms. The van der Waals surface area contributed by atoms with Crippen molar-refractivity contribution < 1.29 is 9.53 Å². The quantitative estimate of drug-likeness (QED) is 0.790. The minimum absolute atomic E-state index is 0.0906. The number of carbonyl (C=O) groups is 1. The van der Waals surface area contributed by atoms with Crippen LogP contribution in [0.3, 0.4) is 0 Å². The summed E-state index contributed by atoms with van der Waals surface area (Å²) in [6, 6.07) is 9.09. The van der Waals surface area contributed by atoms with Crippen LogP contribution in [0.2, 0.25) is 0 Å². The van der Waals surface area contributed by atoms with Crippen molar-refractivity contribution in [2.24, 2.45) is 0 Å². The average molecular weight is 285 g/mol. The smallest absolute Gasteiger partial charge is 0.295 e. The number of nitriles is 1. The number of nitrogens with zero attached hydrogens (tertiary/aromatic N) is 3. The van der Waals surface area contributed by atoms with E-state index in [0.717, 1.165) is 0 Å². The standard InChI is InChI=1S/C14H15N5O2/c1-10-16-13(19-18-10)14(20)17-11-5-4-6-12(9-11)21-8-3-2-7-15/h4-6,9H,2-3,8H2,1H3,(H,17,20)(H,16,18,19). The molecule has 0 unspecified atom stereocenters. The Morgan fingerprint density at radius 2 is 2.38 bits per heavy atom. The van der Waals surface area contributed by atoms with Crippen molar-refractivity contribution in [2.45, 2.75) is 19.8 Å². The Bertz CT molecular complexity index is 659. The first kappa shape index (κ1) is 14.5. The van der Waals surface area contributed by atoms with Crippen molar-refractivity contribution >= 4 is 11.6 Å². The number of hydrogen-bond acceptors (Lipinski definition) is 5. The minimum atomic E-state index is -0.388. The summed E-state index contributed by atoms with van der Waals surface area (Å²) in [6.45, 7) is 2.19. The van der Waals surface area contributed by atoms with E-state index in [1.165, 1.54) is 0 Å². The minimum Gasteiger partial charge on any atom is -0.493 e. The summed E-state index contributed by atoms with van der Waals surface area (Å²) in [7, 11) is 0. The first-order valence-electron chi connectivity index (χ1n) is 6.49. The van der Waals surface area contributed by atoms with Gasteiger partial charge in [-0.1, -0.05) is 6.07 Å². The fourth-order valence-corrected chi connectivity index (χ4v) is 1.64. The van der Waals surface area contributed by atoms with Crippen LogP contribution in [0.4, 0.5) is 5.69 Å². The maximum atomic E-state index is 11.9. The van der Waals surface area contributed by atoms with Crippen LogP contribution in [0.5, 0.6) is 5.75 Å². The number of anilines is 1. The molecule has 0 spiro atoms. The SMILES string of the molecule is Cc1nc(C(=O)Nc2cccc(OCCCC#N)c2)n[nH]1. The first-order valence-corrected chi connectivity index (χ1v) is 6.49. The number of rotatable bonds is 6. The lowest BCUT2D eigenvalue weighted by atomic mass is 10.3. The zero-order valence-electron chi connectivity index (χ0n) is 11.6. The molecule has 21 heavy (non-hydrogen) atoms. The highest BCUT2D eigenvalue weighted by Gasteiger charge is 2.11. The molecule has 0 saturated carbocycles. The summed E-state index contributed by atoms with van der Waals surface area (Å²) in [6.07, 6.45) is 1.13. The fraction of sp³-hybridized carbons (Fsp3) is 0.286. The lowest BCUT2D eigenvalue weighted by Gasteiger charge is -2.07. The molecule has 2 N–H and O–H groups in total. The molecule has 0 bridgehead atoms. The predicted molar refractivity (Wildman–Crippen MR) is 75.9 cm³/mol. The molecule has 0 aliphatic rings. The number of amides is 1. The number of carbonyl (C=O) groups excluding carboxylic acids is 1. The van der Waals surface area contributed by atoms with Crippen LogP contribution in [0.15, 0.2) is 24.3 Å². The number of aromatic amines is 1. The number of benzene rings is 1. The van der Waals surface area contributed by atoms with Gasteiger partial charge in [0.25, 0.3) is 5.91 Å². The average Bonchev–Trinajstić information content (AvgIpc) is 2.91. The van der Waals surface area contributed by atoms with Crippen molar-refractivity contribution in [1.82, 2.24) is 15.2 Å². The van der Waals surface area contributed by atoms with Crippen LogP contribution in [-0.2, 0) is 0 Å². The molecule has 0 radical (unpaired) electrons. The van der Waals surface area contributed by atoms with Crippen LogP contribution < -0.4 is 10.1 Å². The van der Waals surface area contributed by atoms with Crippen molar-refractivity contribution in [2.75, 3.05) is 11.9 Å². The third kappa shape index (κ3) is 4.31. The van der Waals surface area contributed by atoms with Crippen LogP contribution >= 0.6 is 0 Å². The zero-order valence-corrected chi connectivity index (χ0v) is 11.6. The third-order valence-electron chi connectivity index (χ3n) is 2.59. The molecule has 7 nitrogen and oxygen atoms in total. The van der Waals surface area contributed by atoms with Crippen LogP contribution in [-0.4, -0.2) is 27.7 Å². The Hall–Kier alpha value is -2.88. The molecule has 2 rings (SSSR count). The number of aromatic nitrogens is 3. The molecule has 0 aliphatic carbocycles. The van der Waals surface area contributed by atoms with Gasteiger partial charge in [-0.15, -0.1) is 5.10 Å². The van der Waals surface area contributed by atoms with Gasteiger partial charge in [0.1, 0.15) is 11.6 Å². The van der Waals surface area contributed by atoms with E-state index in [-0.39, 0.29) is 11.7 Å². The highest BCUT2D eigenvalue weighted by molar-refractivity contribution is 6.01. The molecule has 1 aromatic heterocycles. The fourth-order valence-electron chi connectivity index (χ4n) is 1.64. The van der Waals surface area contributed by atoms with E-state index in [1.54, 1.807) is 31.2 Å². The summed E-state index contributed by atoms with van der Waals surface area (Å²) in [5.41, 5.74) is 0.597. The molecular formula is C14H15N5O2. The summed E-state index contributed by atoms with van der Waals surface area (Å²) in [4.78, 5) is 15.9. The number of unbranched alkanes of at least 4 members (excludes halogenated alkanes) is 1. The number of aryl methyl sites for hydroxylation is 1. The Kier molecular flexibility index (Phi) is 4.88. The Balaban J connectivity index is 1.94. The van der Waals surface area contributed by atoms with Gasteiger partial charge in [0.15, 0.2) is 0 Å². The Morgan fingerprint density at radius 1 is 1.52 bits per heavy atom. The van der Waals surface area contributed by atoms with E-state index in [9.17, 15) is 4.79 Å². The summed E-state index contributed by atoms with van der Waals surface area (Å²) < 4.78 is 5.50. The lowest BCUT2D eigenvalue weighted by Crippen LogP contribution is -2.13. The second-order valence-corrected chi connectivity index (χ2v) is 4.34. The number of nitrogens with one attached hydrogen (secondary N) is 2.